The van der Waals surface area contributed by atoms with Crippen molar-refractivity contribution in [2.24, 2.45) is 0 Å². The Morgan fingerprint density at radius 3 is 2.00 bits per heavy atom. The Labute approximate surface area is 141 Å². The van der Waals surface area contributed by atoms with Crippen LogP contribution in [0.25, 0.3) is 11.8 Å². The summed E-state index contributed by atoms with van der Waals surface area (Å²) in [5.41, 5.74) is 3.24. The topological polar surface area (TPSA) is 48.0 Å². The highest BCUT2D eigenvalue weighted by atomic mass is 16.5. The molecule has 5 heteroatoms. The maximum atomic E-state index is 12.5. The average molecular weight is 325 g/mol. The third-order valence-electron chi connectivity index (χ3n) is 4.12. The van der Waals surface area contributed by atoms with Gasteiger partial charge < -0.3 is 19.1 Å². The minimum absolute atomic E-state index is 0.0642. The van der Waals surface area contributed by atoms with Gasteiger partial charge in [0.25, 0.3) is 5.91 Å². The zero-order valence-electron chi connectivity index (χ0n) is 14.1. The molecule has 1 aliphatic rings. The smallest absolute Gasteiger partial charge is 0.258 e. The van der Waals surface area contributed by atoms with Crippen molar-refractivity contribution in [2.45, 2.75) is 0 Å². The summed E-state index contributed by atoms with van der Waals surface area (Å²) in [4.78, 5) is 14.2. The number of hydrogen-bond donors (Lipinski definition) is 0. The monoisotopic (exact) mass is 325 g/mol. The van der Waals surface area contributed by atoms with E-state index in [-0.39, 0.29) is 5.91 Å². The molecule has 5 nitrogen and oxygen atoms in total. The summed E-state index contributed by atoms with van der Waals surface area (Å²) in [7, 11) is 6.53. The van der Waals surface area contributed by atoms with Crippen LogP contribution in [0.1, 0.15) is 21.5 Å². The minimum atomic E-state index is -0.0642. The Bertz CT molecular complexity index is 809. The number of carbonyl (C=O) groups excluding carboxylic acids is 1. The molecule has 0 N–H and O–H groups in total. The number of methoxy groups -OCH3 is 3. The maximum absolute atomic E-state index is 12.5. The van der Waals surface area contributed by atoms with Crippen molar-refractivity contribution >= 4 is 17.7 Å². The standard InChI is InChI=1S/C19H19NO4/c1-20-16(9-12-5-7-13(22-2)8-6-12)14-10-17(23-3)18(24-4)11-15(14)19(20)21/h5-11H,1-4H3/b16-9-. The molecule has 1 aliphatic heterocycles. The van der Waals surface area contributed by atoms with E-state index >= 15 is 0 Å². The van der Waals surface area contributed by atoms with E-state index in [4.69, 9.17) is 14.2 Å². The van der Waals surface area contributed by atoms with Crippen molar-refractivity contribution < 1.29 is 19.0 Å². The zero-order chi connectivity index (χ0) is 17.3. The summed E-state index contributed by atoms with van der Waals surface area (Å²) in [6, 6.07) is 11.2. The molecule has 0 saturated carbocycles. The Morgan fingerprint density at radius 2 is 1.46 bits per heavy atom. The van der Waals surface area contributed by atoms with Crippen molar-refractivity contribution in [3.05, 3.63) is 53.1 Å². The molecule has 0 bridgehead atoms. The summed E-state index contributed by atoms with van der Waals surface area (Å²) < 4.78 is 15.8. The van der Waals surface area contributed by atoms with E-state index in [2.05, 4.69) is 0 Å². The summed E-state index contributed by atoms with van der Waals surface area (Å²) in [5.74, 6) is 1.87. The first-order valence-electron chi connectivity index (χ1n) is 7.49. The predicted octanol–water partition coefficient (Wildman–Crippen LogP) is 3.30. The summed E-state index contributed by atoms with van der Waals surface area (Å²) >= 11 is 0. The van der Waals surface area contributed by atoms with Crippen LogP contribution < -0.4 is 14.2 Å². The molecule has 1 amide bonds. The Hall–Kier alpha value is -2.95. The molecule has 0 saturated heterocycles. The van der Waals surface area contributed by atoms with Gasteiger partial charge in [-0.15, -0.1) is 0 Å². The lowest BCUT2D eigenvalue weighted by Crippen LogP contribution is -2.17. The van der Waals surface area contributed by atoms with Gasteiger partial charge in [0.05, 0.1) is 32.6 Å². The van der Waals surface area contributed by atoms with Gasteiger partial charge in [-0.3, -0.25) is 4.79 Å². The number of benzene rings is 2. The average Bonchev–Trinajstić information content (AvgIpc) is 2.85. The van der Waals surface area contributed by atoms with Crippen molar-refractivity contribution in [3.8, 4) is 17.2 Å². The molecule has 3 rings (SSSR count). The fourth-order valence-corrected chi connectivity index (χ4v) is 2.77. The van der Waals surface area contributed by atoms with Gasteiger partial charge in [-0.25, -0.2) is 0 Å². The van der Waals surface area contributed by atoms with Crippen LogP contribution in [-0.4, -0.2) is 39.2 Å². The van der Waals surface area contributed by atoms with Crippen LogP contribution in [0.2, 0.25) is 0 Å². The SMILES string of the molecule is COc1ccc(/C=C2/c3cc(OC)c(OC)cc3C(=O)N2C)cc1. The van der Waals surface area contributed by atoms with Gasteiger partial charge in [0.1, 0.15) is 5.75 Å². The maximum Gasteiger partial charge on any atom is 0.258 e. The molecule has 24 heavy (non-hydrogen) atoms. The second-order valence-electron chi connectivity index (χ2n) is 5.42. The second kappa shape index (κ2) is 6.28. The van der Waals surface area contributed by atoms with Crippen LogP contribution in [0, 0.1) is 0 Å². The van der Waals surface area contributed by atoms with Gasteiger partial charge in [-0.1, -0.05) is 12.1 Å². The molecule has 0 aliphatic carbocycles. The lowest BCUT2D eigenvalue weighted by atomic mass is 10.0. The van der Waals surface area contributed by atoms with Crippen LogP contribution in [0.5, 0.6) is 17.2 Å². The Morgan fingerprint density at radius 1 is 0.875 bits per heavy atom. The lowest BCUT2D eigenvalue weighted by molar-refractivity contribution is 0.0875. The van der Waals surface area contributed by atoms with E-state index < -0.39 is 0 Å². The first kappa shape index (κ1) is 15.9. The Kier molecular flexibility index (Phi) is 4.16. The molecular formula is C19H19NO4. The van der Waals surface area contributed by atoms with E-state index in [1.54, 1.807) is 39.3 Å². The Balaban J connectivity index is 2.10. The fraction of sp³-hybridized carbons (Fsp3) is 0.211. The van der Waals surface area contributed by atoms with Gasteiger partial charge in [-0.2, -0.15) is 0 Å². The molecule has 0 radical (unpaired) electrons. The number of fused-ring (bicyclic) bond motifs is 1. The second-order valence-corrected chi connectivity index (χ2v) is 5.42. The third-order valence-corrected chi connectivity index (χ3v) is 4.12. The minimum Gasteiger partial charge on any atom is -0.497 e. The first-order chi connectivity index (χ1) is 11.6. The number of ether oxygens (including phenoxy) is 3. The summed E-state index contributed by atoms with van der Waals surface area (Å²) in [5, 5.41) is 0. The predicted molar refractivity (Wildman–Crippen MR) is 92.5 cm³/mol. The van der Waals surface area contributed by atoms with E-state index in [0.29, 0.717) is 17.1 Å². The van der Waals surface area contributed by atoms with Gasteiger partial charge in [-0.05, 0) is 35.9 Å². The largest absolute Gasteiger partial charge is 0.497 e. The van der Waals surface area contributed by atoms with E-state index in [0.717, 1.165) is 22.6 Å². The molecule has 0 spiro atoms. The highest BCUT2D eigenvalue weighted by Gasteiger charge is 2.31. The molecule has 0 unspecified atom stereocenters. The van der Waals surface area contributed by atoms with Crippen LogP contribution >= 0.6 is 0 Å². The van der Waals surface area contributed by atoms with Crippen LogP contribution in [0.15, 0.2) is 36.4 Å². The van der Waals surface area contributed by atoms with Crippen LogP contribution in [0.3, 0.4) is 0 Å². The highest BCUT2D eigenvalue weighted by molar-refractivity contribution is 6.12. The van der Waals surface area contributed by atoms with Gasteiger partial charge >= 0.3 is 0 Å². The number of carbonyl (C=O) groups is 1. The molecule has 0 aromatic heterocycles. The summed E-state index contributed by atoms with van der Waals surface area (Å²) in [6.07, 6.45) is 1.97. The van der Waals surface area contributed by atoms with Crippen LogP contribution in [0.4, 0.5) is 0 Å². The zero-order valence-corrected chi connectivity index (χ0v) is 14.1. The quantitative estimate of drug-likeness (QED) is 0.865. The molecule has 2 aromatic rings. The van der Waals surface area contributed by atoms with Gasteiger partial charge in [0.2, 0.25) is 0 Å². The number of nitrogens with zero attached hydrogens (tertiary/aromatic N) is 1. The summed E-state index contributed by atoms with van der Waals surface area (Å²) in [6.45, 7) is 0. The first-order valence-corrected chi connectivity index (χ1v) is 7.49. The molecule has 124 valence electrons. The van der Waals surface area contributed by atoms with Crippen molar-refractivity contribution in [1.82, 2.24) is 4.90 Å². The molecule has 1 heterocycles. The molecular weight excluding hydrogens is 306 g/mol. The van der Waals surface area contributed by atoms with E-state index in [1.807, 2.05) is 36.4 Å². The lowest BCUT2D eigenvalue weighted by Gasteiger charge is -2.12. The van der Waals surface area contributed by atoms with Crippen molar-refractivity contribution in [2.75, 3.05) is 28.4 Å². The molecule has 0 atom stereocenters. The molecule has 0 fully saturated rings. The van der Waals surface area contributed by atoms with E-state index in [1.165, 1.54) is 0 Å². The fourth-order valence-electron chi connectivity index (χ4n) is 2.77. The number of rotatable bonds is 4. The van der Waals surface area contributed by atoms with Crippen molar-refractivity contribution in [1.29, 1.82) is 0 Å². The third kappa shape index (κ3) is 2.58. The normalized spacial score (nSPS) is 14.8. The number of hydrogen-bond acceptors (Lipinski definition) is 4. The van der Waals surface area contributed by atoms with E-state index in [9.17, 15) is 4.79 Å². The van der Waals surface area contributed by atoms with Crippen molar-refractivity contribution in [3.63, 3.8) is 0 Å². The number of amides is 1. The van der Waals surface area contributed by atoms with Gasteiger partial charge in [0.15, 0.2) is 11.5 Å². The van der Waals surface area contributed by atoms with Gasteiger partial charge in [0, 0.05) is 12.6 Å². The molecule has 2 aromatic carbocycles. The highest BCUT2D eigenvalue weighted by Crippen LogP contribution is 2.40. The van der Waals surface area contributed by atoms with Crippen LogP contribution in [-0.2, 0) is 0 Å².